The first-order valence-corrected chi connectivity index (χ1v) is 8.61. The molecule has 21 heavy (non-hydrogen) atoms. The lowest BCUT2D eigenvalue weighted by Gasteiger charge is -2.23. The summed E-state index contributed by atoms with van der Waals surface area (Å²) in [5.74, 6) is -0.125. The van der Waals surface area contributed by atoms with Crippen molar-refractivity contribution in [3.8, 4) is 0 Å². The van der Waals surface area contributed by atoms with Crippen molar-refractivity contribution in [3.05, 3.63) is 30.3 Å². The van der Waals surface area contributed by atoms with E-state index >= 15 is 0 Å². The molecule has 0 aromatic heterocycles. The van der Waals surface area contributed by atoms with Crippen molar-refractivity contribution in [2.75, 3.05) is 19.6 Å². The number of benzene rings is 1. The molecule has 1 aliphatic rings. The van der Waals surface area contributed by atoms with Crippen LogP contribution in [0.4, 0.5) is 0 Å². The van der Waals surface area contributed by atoms with Gasteiger partial charge >= 0.3 is 0 Å². The first kappa shape index (κ1) is 15.9. The van der Waals surface area contributed by atoms with Crippen LogP contribution in [-0.2, 0) is 14.8 Å². The first-order valence-electron chi connectivity index (χ1n) is 7.13. The molecule has 0 radical (unpaired) electrons. The van der Waals surface area contributed by atoms with Gasteiger partial charge in [-0.15, -0.1) is 0 Å². The third kappa shape index (κ3) is 5.11. The van der Waals surface area contributed by atoms with Crippen molar-refractivity contribution in [1.29, 1.82) is 0 Å². The van der Waals surface area contributed by atoms with Crippen LogP contribution in [0.1, 0.15) is 19.3 Å². The molecule has 0 bridgehead atoms. The molecule has 7 heteroatoms. The van der Waals surface area contributed by atoms with Crippen LogP contribution in [0.2, 0.25) is 0 Å². The molecule has 1 aromatic carbocycles. The maximum atomic E-state index is 12.0. The van der Waals surface area contributed by atoms with E-state index in [1.54, 1.807) is 18.2 Å². The fourth-order valence-corrected chi connectivity index (χ4v) is 3.31. The molecule has 0 saturated carbocycles. The maximum Gasteiger partial charge on any atom is 0.240 e. The van der Waals surface area contributed by atoms with Gasteiger partial charge < -0.3 is 10.6 Å². The van der Waals surface area contributed by atoms with Gasteiger partial charge in [-0.2, -0.15) is 0 Å². The number of amides is 1. The van der Waals surface area contributed by atoms with Crippen LogP contribution in [0.15, 0.2) is 35.2 Å². The summed E-state index contributed by atoms with van der Waals surface area (Å²) in [6.45, 7) is 1.87. The van der Waals surface area contributed by atoms with E-state index < -0.39 is 10.0 Å². The van der Waals surface area contributed by atoms with Gasteiger partial charge in [0.1, 0.15) is 0 Å². The zero-order chi connectivity index (χ0) is 15.1. The second kappa shape index (κ2) is 7.53. The summed E-state index contributed by atoms with van der Waals surface area (Å²) < 4.78 is 26.3. The SMILES string of the molecule is O=C(CCNS(=O)(=O)c1ccccc1)NC1CCCNC1. The summed E-state index contributed by atoms with van der Waals surface area (Å²) in [4.78, 5) is 12.0. The van der Waals surface area contributed by atoms with Gasteiger partial charge in [0.05, 0.1) is 4.90 Å². The number of piperidine rings is 1. The van der Waals surface area contributed by atoms with Gasteiger partial charge in [0, 0.05) is 25.6 Å². The third-order valence-electron chi connectivity index (χ3n) is 3.36. The largest absolute Gasteiger partial charge is 0.352 e. The Balaban J connectivity index is 1.74. The number of carbonyl (C=O) groups excluding carboxylic acids is 1. The van der Waals surface area contributed by atoms with Crippen LogP contribution in [0, 0.1) is 0 Å². The number of hydrogen-bond donors (Lipinski definition) is 3. The predicted octanol–water partition coefficient (Wildman–Crippen LogP) is 0.223. The van der Waals surface area contributed by atoms with Crippen LogP contribution in [0.25, 0.3) is 0 Å². The molecular formula is C14H21N3O3S. The predicted molar refractivity (Wildman–Crippen MR) is 80.3 cm³/mol. The van der Waals surface area contributed by atoms with Crippen molar-refractivity contribution < 1.29 is 13.2 Å². The number of hydrogen-bond acceptors (Lipinski definition) is 4. The second-order valence-corrected chi connectivity index (χ2v) is 6.84. The van der Waals surface area contributed by atoms with Crippen LogP contribution in [-0.4, -0.2) is 40.0 Å². The molecular weight excluding hydrogens is 290 g/mol. The van der Waals surface area contributed by atoms with E-state index in [0.29, 0.717) is 0 Å². The lowest BCUT2D eigenvalue weighted by atomic mass is 10.1. The van der Waals surface area contributed by atoms with Crippen LogP contribution in [0.5, 0.6) is 0 Å². The third-order valence-corrected chi connectivity index (χ3v) is 4.84. The van der Waals surface area contributed by atoms with Crippen LogP contribution >= 0.6 is 0 Å². The molecule has 1 unspecified atom stereocenters. The van der Waals surface area contributed by atoms with E-state index in [9.17, 15) is 13.2 Å². The van der Waals surface area contributed by atoms with Gasteiger partial charge in [-0.25, -0.2) is 13.1 Å². The lowest BCUT2D eigenvalue weighted by Crippen LogP contribution is -2.46. The zero-order valence-electron chi connectivity index (χ0n) is 11.8. The van der Waals surface area contributed by atoms with Crippen molar-refractivity contribution in [2.45, 2.75) is 30.2 Å². The first-order chi connectivity index (χ1) is 10.1. The Morgan fingerprint density at radius 3 is 2.71 bits per heavy atom. The van der Waals surface area contributed by atoms with Gasteiger partial charge in [0.25, 0.3) is 0 Å². The highest BCUT2D eigenvalue weighted by Crippen LogP contribution is 2.07. The average Bonchev–Trinajstić information content (AvgIpc) is 2.49. The van der Waals surface area contributed by atoms with E-state index in [2.05, 4.69) is 15.4 Å². The molecule has 1 aliphatic heterocycles. The normalized spacial score (nSPS) is 19.1. The van der Waals surface area contributed by atoms with Crippen LogP contribution < -0.4 is 15.4 Å². The Bertz CT molecular complexity index is 554. The molecule has 1 atom stereocenters. The standard InChI is InChI=1S/C14H21N3O3S/c18-14(17-12-5-4-9-15-11-12)8-10-16-21(19,20)13-6-2-1-3-7-13/h1-3,6-7,12,15-16H,4-5,8-11H2,(H,17,18). The average molecular weight is 311 g/mol. The summed E-state index contributed by atoms with van der Waals surface area (Å²) in [7, 11) is -3.53. The zero-order valence-corrected chi connectivity index (χ0v) is 12.7. The van der Waals surface area contributed by atoms with Crippen LogP contribution in [0.3, 0.4) is 0 Å². The Morgan fingerprint density at radius 1 is 1.29 bits per heavy atom. The fourth-order valence-electron chi connectivity index (χ4n) is 2.26. The van der Waals surface area contributed by atoms with Gasteiger partial charge in [0.2, 0.25) is 15.9 Å². The van der Waals surface area contributed by atoms with Crippen molar-refractivity contribution in [3.63, 3.8) is 0 Å². The summed E-state index contributed by atoms with van der Waals surface area (Å²) in [5.41, 5.74) is 0. The molecule has 0 aliphatic carbocycles. The van der Waals surface area contributed by atoms with Crippen molar-refractivity contribution >= 4 is 15.9 Å². The van der Waals surface area contributed by atoms with E-state index in [1.165, 1.54) is 12.1 Å². The monoisotopic (exact) mass is 311 g/mol. The minimum absolute atomic E-state index is 0.100. The smallest absolute Gasteiger partial charge is 0.240 e. The summed E-state index contributed by atoms with van der Waals surface area (Å²) in [6.07, 6.45) is 2.16. The fraction of sp³-hybridized carbons (Fsp3) is 0.500. The molecule has 2 rings (SSSR count). The molecule has 6 nitrogen and oxygen atoms in total. The molecule has 1 aromatic rings. The Hall–Kier alpha value is -1.44. The number of rotatable bonds is 6. The molecule has 3 N–H and O–H groups in total. The van der Waals surface area contributed by atoms with E-state index in [4.69, 9.17) is 0 Å². The van der Waals surface area contributed by atoms with E-state index in [0.717, 1.165) is 25.9 Å². The van der Waals surface area contributed by atoms with Gasteiger partial charge in [0.15, 0.2) is 0 Å². The Kier molecular flexibility index (Phi) is 5.72. The topological polar surface area (TPSA) is 87.3 Å². The quantitative estimate of drug-likeness (QED) is 0.701. The summed E-state index contributed by atoms with van der Waals surface area (Å²) >= 11 is 0. The summed E-state index contributed by atoms with van der Waals surface area (Å²) in [5, 5.41) is 6.12. The van der Waals surface area contributed by atoms with Crippen molar-refractivity contribution in [2.24, 2.45) is 0 Å². The number of sulfonamides is 1. The van der Waals surface area contributed by atoms with E-state index in [1.807, 2.05) is 0 Å². The summed E-state index contributed by atoms with van der Waals surface area (Å²) in [6, 6.07) is 8.28. The second-order valence-electron chi connectivity index (χ2n) is 5.07. The van der Waals surface area contributed by atoms with E-state index in [-0.39, 0.29) is 29.8 Å². The minimum atomic E-state index is -3.53. The molecule has 116 valence electrons. The lowest BCUT2D eigenvalue weighted by molar-refractivity contribution is -0.121. The highest BCUT2D eigenvalue weighted by Gasteiger charge is 2.16. The van der Waals surface area contributed by atoms with Gasteiger partial charge in [-0.05, 0) is 31.5 Å². The van der Waals surface area contributed by atoms with Crippen molar-refractivity contribution in [1.82, 2.24) is 15.4 Å². The molecule has 1 amide bonds. The molecule has 1 fully saturated rings. The molecule has 0 spiro atoms. The highest BCUT2D eigenvalue weighted by atomic mass is 32.2. The number of nitrogens with one attached hydrogen (secondary N) is 3. The van der Waals surface area contributed by atoms with Gasteiger partial charge in [-0.1, -0.05) is 18.2 Å². The minimum Gasteiger partial charge on any atom is -0.352 e. The maximum absolute atomic E-state index is 12.0. The Labute approximate surface area is 125 Å². The molecule has 1 saturated heterocycles. The Morgan fingerprint density at radius 2 is 2.05 bits per heavy atom. The highest BCUT2D eigenvalue weighted by molar-refractivity contribution is 7.89. The number of carbonyl (C=O) groups is 1. The molecule has 1 heterocycles. The van der Waals surface area contributed by atoms with Gasteiger partial charge in [-0.3, -0.25) is 4.79 Å².